The molecular weight excluding hydrogens is 295 g/mol. The number of halogens is 2. The Morgan fingerprint density at radius 2 is 2.19 bits per heavy atom. The maximum absolute atomic E-state index is 10.7. The predicted octanol–water partition coefficient (Wildman–Crippen LogP) is 3.87. The van der Waals surface area contributed by atoms with E-state index in [1.54, 1.807) is 6.07 Å². The summed E-state index contributed by atoms with van der Waals surface area (Å²) in [5.41, 5.74) is 1.48. The zero-order chi connectivity index (χ0) is 11.9. The Bertz CT molecular complexity index is 601. The van der Waals surface area contributed by atoms with Gasteiger partial charge in [0.25, 0.3) is 0 Å². The summed E-state index contributed by atoms with van der Waals surface area (Å²) < 4.78 is 0.851. The van der Waals surface area contributed by atoms with Gasteiger partial charge in [0.1, 0.15) is 11.2 Å². The molecule has 0 radical (unpaired) electrons. The fourth-order valence-electron chi connectivity index (χ4n) is 1.40. The third-order valence-electron chi connectivity index (χ3n) is 2.26. The van der Waals surface area contributed by atoms with Gasteiger partial charge in [-0.05, 0) is 24.6 Å². The van der Waals surface area contributed by atoms with E-state index in [0.29, 0.717) is 10.9 Å². The Balaban J connectivity index is 2.84. The quantitative estimate of drug-likeness (QED) is 0.593. The number of hydrogen-bond donors (Lipinski definition) is 0. The van der Waals surface area contributed by atoms with E-state index in [1.165, 1.54) is 6.20 Å². The lowest BCUT2D eigenvalue weighted by molar-refractivity contribution is -0.384. The summed E-state index contributed by atoms with van der Waals surface area (Å²) >= 11 is 9.31. The summed E-state index contributed by atoms with van der Waals surface area (Å²) in [7, 11) is 0. The van der Waals surface area contributed by atoms with E-state index >= 15 is 0 Å². The van der Waals surface area contributed by atoms with Gasteiger partial charge in [0, 0.05) is 9.86 Å². The summed E-state index contributed by atoms with van der Waals surface area (Å²) in [6, 6.07) is 3.57. The Morgan fingerprint density at radius 1 is 1.50 bits per heavy atom. The number of hydrogen-bond acceptors (Lipinski definition) is 3. The van der Waals surface area contributed by atoms with Crippen molar-refractivity contribution in [3.05, 3.63) is 43.5 Å². The third-order valence-corrected chi connectivity index (χ3v) is 3.51. The molecule has 0 bridgehead atoms. The van der Waals surface area contributed by atoms with Crippen molar-refractivity contribution in [3.63, 3.8) is 0 Å². The van der Waals surface area contributed by atoms with Gasteiger partial charge in [-0.2, -0.15) is 0 Å². The molecule has 0 N–H and O–H groups in total. The SMILES string of the molecule is Cc1cc2ncc([N+](=O)[O-])c(Cl)c2cc1Br. The number of nitrogens with zero attached hydrogens (tertiary/aromatic N) is 2. The molecule has 4 nitrogen and oxygen atoms in total. The van der Waals surface area contributed by atoms with E-state index in [2.05, 4.69) is 20.9 Å². The number of aryl methyl sites for hydroxylation is 1. The molecule has 0 amide bonds. The van der Waals surface area contributed by atoms with Crippen LogP contribution in [0.15, 0.2) is 22.8 Å². The van der Waals surface area contributed by atoms with Crippen LogP contribution in [0.2, 0.25) is 5.02 Å². The van der Waals surface area contributed by atoms with Crippen molar-refractivity contribution in [3.8, 4) is 0 Å². The van der Waals surface area contributed by atoms with Crippen LogP contribution in [0.3, 0.4) is 0 Å². The minimum Gasteiger partial charge on any atom is -0.258 e. The van der Waals surface area contributed by atoms with Gasteiger partial charge in [0.2, 0.25) is 0 Å². The van der Waals surface area contributed by atoms with E-state index < -0.39 is 4.92 Å². The van der Waals surface area contributed by atoms with Crippen molar-refractivity contribution in [1.82, 2.24) is 4.98 Å². The minimum atomic E-state index is -0.539. The Morgan fingerprint density at radius 3 is 2.81 bits per heavy atom. The van der Waals surface area contributed by atoms with E-state index in [9.17, 15) is 10.1 Å². The van der Waals surface area contributed by atoms with Crippen LogP contribution < -0.4 is 0 Å². The van der Waals surface area contributed by atoms with E-state index in [1.807, 2.05) is 13.0 Å². The highest BCUT2D eigenvalue weighted by atomic mass is 79.9. The highest BCUT2D eigenvalue weighted by molar-refractivity contribution is 9.10. The second kappa shape index (κ2) is 3.99. The fourth-order valence-corrected chi connectivity index (χ4v) is 2.01. The van der Waals surface area contributed by atoms with Crippen LogP contribution in [0.25, 0.3) is 10.9 Å². The molecule has 1 heterocycles. The van der Waals surface area contributed by atoms with Crippen LogP contribution >= 0.6 is 27.5 Å². The molecule has 0 aliphatic carbocycles. The van der Waals surface area contributed by atoms with E-state index in [-0.39, 0.29) is 10.7 Å². The lowest BCUT2D eigenvalue weighted by Gasteiger charge is -2.04. The first-order valence-corrected chi connectivity index (χ1v) is 5.56. The van der Waals surface area contributed by atoms with Crippen molar-refractivity contribution in [2.24, 2.45) is 0 Å². The van der Waals surface area contributed by atoms with Crippen LogP contribution in [-0.2, 0) is 0 Å². The minimum absolute atomic E-state index is 0.121. The van der Waals surface area contributed by atoms with Crippen molar-refractivity contribution < 1.29 is 4.92 Å². The van der Waals surface area contributed by atoms with Gasteiger partial charge in [-0.25, -0.2) is 4.98 Å². The molecule has 2 aromatic rings. The van der Waals surface area contributed by atoms with Crippen molar-refractivity contribution in [1.29, 1.82) is 0 Å². The van der Waals surface area contributed by atoms with Crippen LogP contribution in [0.1, 0.15) is 5.56 Å². The maximum atomic E-state index is 10.7. The second-order valence-corrected chi connectivity index (χ2v) is 4.57. The smallest absolute Gasteiger partial charge is 0.258 e. The predicted molar refractivity (Wildman–Crippen MR) is 65.8 cm³/mol. The zero-order valence-electron chi connectivity index (χ0n) is 8.20. The topological polar surface area (TPSA) is 56.0 Å². The van der Waals surface area contributed by atoms with Crippen LogP contribution in [0.5, 0.6) is 0 Å². The molecule has 0 fully saturated rings. The van der Waals surface area contributed by atoms with Crippen LogP contribution in [-0.4, -0.2) is 9.91 Å². The van der Waals surface area contributed by atoms with E-state index in [4.69, 9.17) is 11.6 Å². The molecule has 2 rings (SSSR count). The average molecular weight is 302 g/mol. The molecule has 0 unspecified atom stereocenters. The Labute approximate surface area is 105 Å². The first-order valence-electron chi connectivity index (χ1n) is 4.39. The molecule has 0 spiro atoms. The highest BCUT2D eigenvalue weighted by Crippen LogP contribution is 2.33. The molecule has 0 saturated carbocycles. The van der Waals surface area contributed by atoms with Gasteiger partial charge in [0.15, 0.2) is 0 Å². The standard InChI is InChI=1S/C10H6BrClN2O2/c1-5-2-8-6(3-7(5)11)10(12)9(4-13-8)14(15)16/h2-4H,1H3. The Kier molecular flexibility index (Phi) is 2.82. The molecule has 16 heavy (non-hydrogen) atoms. The number of pyridine rings is 1. The molecule has 82 valence electrons. The molecule has 1 aromatic heterocycles. The van der Waals surface area contributed by atoms with Gasteiger partial charge < -0.3 is 0 Å². The maximum Gasteiger partial charge on any atom is 0.306 e. The first-order chi connectivity index (χ1) is 7.50. The average Bonchev–Trinajstić information content (AvgIpc) is 2.21. The molecule has 0 aliphatic heterocycles. The summed E-state index contributed by atoms with van der Waals surface area (Å²) in [6.45, 7) is 1.92. The normalized spacial score (nSPS) is 10.7. The highest BCUT2D eigenvalue weighted by Gasteiger charge is 2.16. The first kappa shape index (κ1) is 11.3. The lowest BCUT2D eigenvalue weighted by atomic mass is 10.1. The molecule has 6 heteroatoms. The van der Waals surface area contributed by atoms with E-state index in [0.717, 1.165) is 10.0 Å². The molecule has 0 aliphatic rings. The Hall–Kier alpha value is -1.20. The van der Waals surface area contributed by atoms with Crippen molar-refractivity contribution in [2.75, 3.05) is 0 Å². The number of rotatable bonds is 1. The molecule has 1 aromatic carbocycles. The van der Waals surface area contributed by atoms with Gasteiger partial charge >= 0.3 is 5.69 Å². The fraction of sp³-hybridized carbons (Fsp3) is 0.100. The van der Waals surface area contributed by atoms with Crippen molar-refractivity contribution in [2.45, 2.75) is 6.92 Å². The van der Waals surface area contributed by atoms with Gasteiger partial charge in [-0.1, -0.05) is 27.5 Å². The lowest BCUT2D eigenvalue weighted by Crippen LogP contribution is -1.92. The number of benzene rings is 1. The van der Waals surface area contributed by atoms with Crippen LogP contribution in [0.4, 0.5) is 5.69 Å². The summed E-state index contributed by atoms with van der Waals surface area (Å²) in [6.07, 6.45) is 1.18. The van der Waals surface area contributed by atoms with Crippen LogP contribution in [0, 0.1) is 17.0 Å². The third kappa shape index (κ3) is 1.76. The summed E-state index contributed by atoms with van der Waals surface area (Å²) in [4.78, 5) is 14.2. The summed E-state index contributed by atoms with van der Waals surface area (Å²) in [5, 5.41) is 11.4. The van der Waals surface area contributed by atoms with Gasteiger partial charge in [-0.3, -0.25) is 10.1 Å². The summed E-state index contributed by atoms with van der Waals surface area (Å²) in [5.74, 6) is 0. The van der Waals surface area contributed by atoms with Crippen molar-refractivity contribution >= 4 is 44.1 Å². The number of fused-ring (bicyclic) bond motifs is 1. The second-order valence-electron chi connectivity index (χ2n) is 3.33. The molecule has 0 atom stereocenters. The zero-order valence-corrected chi connectivity index (χ0v) is 10.5. The number of aromatic nitrogens is 1. The molecule has 0 saturated heterocycles. The monoisotopic (exact) mass is 300 g/mol. The number of nitro groups is 1. The largest absolute Gasteiger partial charge is 0.306 e. The molecular formula is C10H6BrClN2O2. The van der Waals surface area contributed by atoms with Gasteiger partial charge in [0.05, 0.1) is 10.4 Å². The van der Waals surface area contributed by atoms with Gasteiger partial charge in [-0.15, -0.1) is 0 Å².